The fraction of sp³-hybridized carbons (Fsp3) is 0.375. The van der Waals surface area contributed by atoms with Crippen molar-refractivity contribution in [3.63, 3.8) is 0 Å². The van der Waals surface area contributed by atoms with Crippen LogP contribution in [0.1, 0.15) is 29.3 Å². The zero-order valence-corrected chi connectivity index (χ0v) is 13.2. The third-order valence-electron chi connectivity index (χ3n) is 3.92. The van der Waals surface area contributed by atoms with E-state index in [1.807, 2.05) is 40.7 Å². The van der Waals surface area contributed by atoms with E-state index in [1.54, 1.807) is 11.3 Å². The van der Waals surface area contributed by atoms with Crippen molar-refractivity contribution >= 4 is 28.8 Å². The minimum Gasteiger partial charge on any atom is -0.342 e. The van der Waals surface area contributed by atoms with Gasteiger partial charge in [0.15, 0.2) is 0 Å². The average molecular weight is 321 g/mol. The number of piperidine rings is 1. The Hall–Kier alpha value is -1.39. The van der Waals surface area contributed by atoms with Crippen LogP contribution in [0.15, 0.2) is 35.8 Å². The summed E-state index contributed by atoms with van der Waals surface area (Å²) in [6.45, 7) is 1.66. The van der Waals surface area contributed by atoms with E-state index in [2.05, 4.69) is 4.98 Å². The first-order valence-electron chi connectivity index (χ1n) is 7.14. The molecule has 0 saturated carbocycles. The number of hydrogen-bond acceptors (Lipinski definition) is 3. The largest absolute Gasteiger partial charge is 0.342 e. The minimum absolute atomic E-state index is 0.204. The fourth-order valence-corrected chi connectivity index (χ4v) is 3.64. The lowest BCUT2D eigenvalue weighted by Gasteiger charge is -2.31. The number of benzene rings is 1. The summed E-state index contributed by atoms with van der Waals surface area (Å²) in [6, 6.07) is 7.50. The Kier molecular flexibility index (Phi) is 4.56. The summed E-state index contributed by atoms with van der Waals surface area (Å²) in [5.41, 5.74) is 1.02. The highest BCUT2D eigenvalue weighted by molar-refractivity contribution is 7.09. The van der Waals surface area contributed by atoms with Crippen LogP contribution >= 0.6 is 22.9 Å². The molecule has 3 rings (SSSR count). The van der Waals surface area contributed by atoms with E-state index >= 15 is 0 Å². The molecule has 2 heterocycles. The molecule has 1 saturated heterocycles. The van der Waals surface area contributed by atoms with E-state index in [0.717, 1.165) is 31.5 Å². The summed E-state index contributed by atoms with van der Waals surface area (Å²) in [4.78, 5) is 18.7. The molecule has 1 aliphatic rings. The number of halogens is 1. The van der Waals surface area contributed by atoms with Gasteiger partial charge in [0.05, 0.1) is 11.4 Å². The first-order valence-corrected chi connectivity index (χ1v) is 8.40. The van der Waals surface area contributed by atoms with Crippen LogP contribution in [0.2, 0.25) is 5.02 Å². The van der Waals surface area contributed by atoms with Crippen molar-refractivity contribution in [1.29, 1.82) is 0 Å². The molecule has 0 bridgehead atoms. The van der Waals surface area contributed by atoms with Gasteiger partial charge in [-0.3, -0.25) is 4.79 Å². The number of aromatic nitrogens is 1. The van der Waals surface area contributed by atoms with Crippen LogP contribution in [0, 0.1) is 0 Å². The van der Waals surface area contributed by atoms with Gasteiger partial charge in [0.2, 0.25) is 5.91 Å². The molecular weight excluding hydrogens is 304 g/mol. The van der Waals surface area contributed by atoms with E-state index < -0.39 is 0 Å². The van der Waals surface area contributed by atoms with Crippen molar-refractivity contribution in [2.24, 2.45) is 0 Å². The maximum Gasteiger partial charge on any atom is 0.226 e. The molecule has 0 atom stereocenters. The highest BCUT2D eigenvalue weighted by Crippen LogP contribution is 2.29. The summed E-state index contributed by atoms with van der Waals surface area (Å²) in [5, 5.41) is 3.93. The Morgan fingerprint density at radius 3 is 2.62 bits per heavy atom. The number of hydrogen-bond donors (Lipinski definition) is 0. The molecule has 0 unspecified atom stereocenters. The molecule has 1 aliphatic heterocycles. The molecule has 0 N–H and O–H groups in total. The zero-order chi connectivity index (χ0) is 14.7. The molecular formula is C16H17ClN2OS. The Morgan fingerprint density at radius 2 is 2.00 bits per heavy atom. The van der Waals surface area contributed by atoms with E-state index in [1.165, 1.54) is 5.01 Å². The first-order chi connectivity index (χ1) is 10.2. The highest BCUT2D eigenvalue weighted by atomic mass is 35.5. The van der Waals surface area contributed by atoms with Gasteiger partial charge in [-0.25, -0.2) is 4.98 Å². The van der Waals surface area contributed by atoms with Crippen LogP contribution in [-0.2, 0) is 11.2 Å². The summed E-state index contributed by atoms with van der Waals surface area (Å²) in [6.07, 6.45) is 4.34. The molecule has 21 heavy (non-hydrogen) atoms. The maximum atomic E-state index is 12.3. The number of rotatable bonds is 3. The maximum absolute atomic E-state index is 12.3. The van der Waals surface area contributed by atoms with Gasteiger partial charge in [-0.15, -0.1) is 11.3 Å². The fourth-order valence-electron chi connectivity index (χ4n) is 2.70. The van der Waals surface area contributed by atoms with Crippen LogP contribution in [0.25, 0.3) is 0 Å². The van der Waals surface area contributed by atoms with Crippen molar-refractivity contribution in [1.82, 2.24) is 9.88 Å². The van der Waals surface area contributed by atoms with Crippen LogP contribution in [0.5, 0.6) is 0 Å². The molecule has 1 amide bonds. The Bertz CT molecular complexity index is 589. The van der Waals surface area contributed by atoms with Crippen molar-refractivity contribution in [3.8, 4) is 0 Å². The number of nitrogens with zero attached hydrogens (tertiary/aromatic N) is 2. The Balaban J connectivity index is 1.54. The van der Waals surface area contributed by atoms with E-state index in [4.69, 9.17) is 11.6 Å². The van der Waals surface area contributed by atoms with Gasteiger partial charge in [-0.05, 0) is 30.5 Å². The van der Waals surface area contributed by atoms with Crippen molar-refractivity contribution in [2.45, 2.75) is 25.2 Å². The van der Waals surface area contributed by atoms with E-state index in [0.29, 0.717) is 17.4 Å². The second kappa shape index (κ2) is 6.58. The first kappa shape index (κ1) is 14.5. The number of carbonyl (C=O) groups is 1. The molecule has 1 fully saturated rings. The standard InChI is InChI=1S/C16H17ClN2OS/c17-14-3-1-12(2-4-14)11-15(20)19-8-5-13(6-9-19)16-18-7-10-21-16/h1-4,7,10,13H,5-6,8-9,11H2. The van der Waals surface area contributed by atoms with E-state index in [9.17, 15) is 4.79 Å². The Labute approximate surface area is 133 Å². The Morgan fingerprint density at radius 1 is 1.29 bits per heavy atom. The monoisotopic (exact) mass is 320 g/mol. The predicted molar refractivity (Wildman–Crippen MR) is 85.8 cm³/mol. The van der Waals surface area contributed by atoms with Crippen LogP contribution in [-0.4, -0.2) is 28.9 Å². The molecule has 0 spiro atoms. The van der Waals surface area contributed by atoms with Crippen LogP contribution < -0.4 is 0 Å². The average Bonchev–Trinajstić information content (AvgIpc) is 3.04. The van der Waals surface area contributed by atoms with Crippen LogP contribution in [0.4, 0.5) is 0 Å². The summed E-state index contributed by atoms with van der Waals surface area (Å²) in [5.74, 6) is 0.722. The molecule has 110 valence electrons. The zero-order valence-electron chi connectivity index (χ0n) is 11.7. The third-order valence-corrected chi connectivity index (χ3v) is 5.11. The lowest BCUT2D eigenvalue weighted by Crippen LogP contribution is -2.38. The van der Waals surface area contributed by atoms with Gasteiger partial charge < -0.3 is 4.90 Å². The molecule has 1 aromatic heterocycles. The smallest absolute Gasteiger partial charge is 0.226 e. The third kappa shape index (κ3) is 3.63. The summed E-state index contributed by atoms with van der Waals surface area (Å²) in [7, 11) is 0. The van der Waals surface area contributed by atoms with E-state index in [-0.39, 0.29) is 5.91 Å². The quantitative estimate of drug-likeness (QED) is 0.863. The molecule has 0 radical (unpaired) electrons. The van der Waals surface area contributed by atoms with Crippen molar-refractivity contribution < 1.29 is 4.79 Å². The molecule has 2 aromatic rings. The summed E-state index contributed by atoms with van der Waals surface area (Å²) >= 11 is 7.58. The number of likely N-dealkylation sites (tertiary alicyclic amines) is 1. The number of amides is 1. The van der Waals surface area contributed by atoms with Gasteiger partial charge in [0.1, 0.15) is 0 Å². The number of thiazole rings is 1. The van der Waals surface area contributed by atoms with Gasteiger partial charge >= 0.3 is 0 Å². The second-order valence-corrected chi connectivity index (χ2v) is 6.69. The van der Waals surface area contributed by atoms with Gasteiger partial charge in [-0.2, -0.15) is 0 Å². The van der Waals surface area contributed by atoms with Crippen molar-refractivity contribution in [3.05, 3.63) is 51.4 Å². The van der Waals surface area contributed by atoms with Crippen molar-refractivity contribution in [2.75, 3.05) is 13.1 Å². The molecule has 5 heteroatoms. The minimum atomic E-state index is 0.204. The van der Waals surface area contributed by atoms with Gasteiger partial charge in [-0.1, -0.05) is 23.7 Å². The highest BCUT2D eigenvalue weighted by Gasteiger charge is 2.24. The SMILES string of the molecule is O=C(Cc1ccc(Cl)cc1)N1CCC(c2nccs2)CC1. The molecule has 3 nitrogen and oxygen atoms in total. The predicted octanol–water partition coefficient (Wildman–Crippen LogP) is 3.75. The van der Waals surface area contributed by atoms with Gasteiger partial charge in [0.25, 0.3) is 0 Å². The topological polar surface area (TPSA) is 33.2 Å². The molecule has 0 aliphatic carbocycles. The lowest BCUT2D eigenvalue weighted by molar-refractivity contribution is -0.131. The normalized spacial score (nSPS) is 16.1. The molecule has 1 aromatic carbocycles. The second-order valence-electron chi connectivity index (χ2n) is 5.33. The summed E-state index contributed by atoms with van der Waals surface area (Å²) < 4.78 is 0. The van der Waals surface area contributed by atoms with Gasteiger partial charge in [0, 0.05) is 35.6 Å². The van der Waals surface area contributed by atoms with Crippen LogP contribution in [0.3, 0.4) is 0 Å². The lowest BCUT2D eigenvalue weighted by atomic mass is 9.97. The number of carbonyl (C=O) groups excluding carboxylic acids is 1.